The molecule has 2 aromatic heterocycles. The summed E-state index contributed by atoms with van der Waals surface area (Å²) < 4.78 is 1.61. The topological polar surface area (TPSA) is 141 Å². The lowest BCUT2D eigenvalue weighted by Crippen LogP contribution is -2.15. The Morgan fingerprint density at radius 2 is 2.26 bits per heavy atom. The van der Waals surface area contributed by atoms with Gasteiger partial charge in [0.1, 0.15) is 11.3 Å². The van der Waals surface area contributed by atoms with Gasteiger partial charge in [0.15, 0.2) is 5.84 Å². The van der Waals surface area contributed by atoms with Crippen LogP contribution >= 0.6 is 11.8 Å². The van der Waals surface area contributed by atoms with Crippen LogP contribution in [0.2, 0.25) is 0 Å². The second-order valence-corrected chi connectivity index (χ2v) is 8.16. The van der Waals surface area contributed by atoms with Gasteiger partial charge in [-0.2, -0.15) is 5.26 Å². The first-order valence-corrected chi connectivity index (χ1v) is 10.4. The number of nitriles is 1. The molecule has 9 nitrogen and oxygen atoms in total. The summed E-state index contributed by atoms with van der Waals surface area (Å²) in [5.41, 5.74) is 8.85. The molecule has 31 heavy (non-hydrogen) atoms. The van der Waals surface area contributed by atoms with Crippen LogP contribution in [0, 0.1) is 18.3 Å². The van der Waals surface area contributed by atoms with E-state index in [0.717, 1.165) is 17.0 Å². The quantitative estimate of drug-likeness (QED) is 0.186. The Balaban J connectivity index is 1.58. The van der Waals surface area contributed by atoms with Crippen LogP contribution in [0.5, 0.6) is 0 Å². The molecule has 0 aliphatic carbocycles. The molecule has 0 bridgehead atoms. The highest BCUT2D eigenvalue weighted by atomic mass is 32.2. The number of carbonyl (C=O) groups is 1. The number of hydrogen-bond acceptors (Lipinski definition) is 7. The van der Waals surface area contributed by atoms with Gasteiger partial charge in [0.25, 0.3) is 5.91 Å². The Morgan fingerprint density at radius 1 is 1.42 bits per heavy atom. The van der Waals surface area contributed by atoms with Gasteiger partial charge in [0.05, 0.1) is 28.1 Å². The number of fused-ring (bicyclic) bond motifs is 1. The summed E-state index contributed by atoms with van der Waals surface area (Å²) in [5, 5.41) is 25.8. The molecule has 1 aliphatic rings. The molecule has 1 aromatic carbocycles. The van der Waals surface area contributed by atoms with Crippen LogP contribution in [0.3, 0.4) is 0 Å². The number of nitrogens with two attached hydrogens (primary N) is 1. The van der Waals surface area contributed by atoms with Crippen molar-refractivity contribution in [2.24, 2.45) is 15.9 Å². The number of carbonyl (C=O) groups excluding carboxylic acids is 1. The number of amidine groups is 1. The number of amides is 1. The van der Waals surface area contributed by atoms with Crippen molar-refractivity contribution in [2.75, 3.05) is 11.9 Å². The van der Waals surface area contributed by atoms with Crippen LogP contribution in [0.25, 0.3) is 5.65 Å². The van der Waals surface area contributed by atoms with Gasteiger partial charge in [-0.3, -0.25) is 9.20 Å². The smallest absolute Gasteiger partial charge is 0.274 e. The Kier molecular flexibility index (Phi) is 5.70. The molecule has 3 aromatic rings. The van der Waals surface area contributed by atoms with E-state index in [-0.39, 0.29) is 17.0 Å². The fourth-order valence-corrected chi connectivity index (χ4v) is 3.88. The van der Waals surface area contributed by atoms with E-state index < -0.39 is 0 Å². The molecule has 1 amide bonds. The third-order valence-electron chi connectivity index (χ3n) is 4.84. The lowest BCUT2D eigenvalue weighted by atomic mass is 10.1. The normalized spacial score (nSPS) is 17.0. The molecule has 1 unspecified atom stereocenters. The zero-order valence-corrected chi connectivity index (χ0v) is 17.4. The first-order valence-electron chi connectivity index (χ1n) is 9.51. The van der Waals surface area contributed by atoms with Crippen molar-refractivity contribution in [3.05, 3.63) is 65.1 Å². The maximum Gasteiger partial charge on any atom is 0.274 e. The van der Waals surface area contributed by atoms with E-state index in [1.807, 2.05) is 13.0 Å². The third kappa shape index (κ3) is 4.28. The Morgan fingerprint density at radius 3 is 3.00 bits per heavy atom. The molecule has 10 heteroatoms. The lowest BCUT2D eigenvalue weighted by Gasteiger charge is -2.10. The van der Waals surface area contributed by atoms with Gasteiger partial charge < -0.3 is 16.3 Å². The summed E-state index contributed by atoms with van der Waals surface area (Å²) in [4.78, 5) is 21.5. The van der Waals surface area contributed by atoms with Crippen molar-refractivity contribution in [3.63, 3.8) is 0 Å². The summed E-state index contributed by atoms with van der Waals surface area (Å²) in [5.74, 6) is -0.177. The van der Waals surface area contributed by atoms with E-state index in [0.29, 0.717) is 34.7 Å². The number of thioether (sulfide) groups is 1. The van der Waals surface area contributed by atoms with Crippen molar-refractivity contribution in [1.82, 2.24) is 9.38 Å². The number of aryl methyl sites for hydroxylation is 1. The van der Waals surface area contributed by atoms with Gasteiger partial charge >= 0.3 is 0 Å². The minimum atomic E-state index is -0.355. The fraction of sp³-hybridized carbons (Fsp3) is 0.190. The van der Waals surface area contributed by atoms with Gasteiger partial charge in [0.2, 0.25) is 0 Å². The lowest BCUT2D eigenvalue weighted by molar-refractivity contribution is 0.102. The van der Waals surface area contributed by atoms with Crippen molar-refractivity contribution in [3.8, 4) is 6.07 Å². The monoisotopic (exact) mass is 433 g/mol. The zero-order chi connectivity index (χ0) is 22.0. The van der Waals surface area contributed by atoms with Gasteiger partial charge in [0, 0.05) is 17.4 Å². The molecule has 4 N–H and O–H groups in total. The van der Waals surface area contributed by atoms with Crippen molar-refractivity contribution in [1.29, 1.82) is 5.26 Å². The van der Waals surface area contributed by atoms with E-state index in [4.69, 9.17) is 11.0 Å². The maximum atomic E-state index is 12.9. The molecule has 156 valence electrons. The average molecular weight is 433 g/mol. The summed E-state index contributed by atoms with van der Waals surface area (Å²) in [6, 6.07) is 10.6. The number of rotatable bonds is 5. The SMILES string of the molecule is Cc1ccc(/C(N=C2SC2CCN)=N/O)cc1NC(=O)c1cnc2cc(C#N)ccn12. The number of aliphatic imine (C=N–C) groups is 1. The van der Waals surface area contributed by atoms with Crippen LogP contribution in [-0.2, 0) is 0 Å². The molecule has 1 aliphatic heterocycles. The van der Waals surface area contributed by atoms with Crippen molar-refractivity contribution < 1.29 is 10.0 Å². The number of aromatic nitrogens is 2. The molecule has 1 atom stereocenters. The van der Waals surface area contributed by atoms with Crippen LogP contribution in [0.15, 0.2) is 52.9 Å². The number of imidazole rings is 1. The minimum absolute atomic E-state index is 0.177. The molecule has 1 fully saturated rings. The highest BCUT2D eigenvalue weighted by Gasteiger charge is 2.33. The minimum Gasteiger partial charge on any atom is -0.409 e. The van der Waals surface area contributed by atoms with E-state index >= 15 is 0 Å². The zero-order valence-electron chi connectivity index (χ0n) is 16.6. The van der Waals surface area contributed by atoms with E-state index in [1.165, 1.54) is 6.20 Å². The number of nitrogens with zero attached hydrogens (tertiary/aromatic N) is 5. The molecule has 0 saturated carbocycles. The Hall–Kier alpha value is -3.68. The number of benzene rings is 1. The summed E-state index contributed by atoms with van der Waals surface area (Å²) in [6.07, 6.45) is 3.92. The van der Waals surface area contributed by atoms with Crippen LogP contribution < -0.4 is 11.1 Å². The average Bonchev–Trinajstić information content (AvgIpc) is 3.36. The highest BCUT2D eigenvalue weighted by molar-refractivity contribution is 8.25. The molecular formula is C21H19N7O2S. The molecule has 1 saturated heterocycles. The summed E-state index contributed by atoms with van der Waals surface area (Å²) in [7, 11) is 0. The number of nitrogens with one attached hydrogen (secondary N) is 1. The van der Waals surface area contributed by atoms with Crippen molar-refractivity contribution in [2.45, 2.75) is 18.6 Å². The highest BCUT2D eigenvalue weighted by Crippen LogP contribution is 2.37. The molecular weight excluding hydrogens is 414 g/mol. The van der Waals surface area contributed by atoms with E-state index in [1.54, 1.807) is 46.6 Å². The van der Waals surface area contributed by atoms with Crippen LogP contribution in [0.1, 0.15) is 33.6 Å². The number of oxime groups is 1. The fourth-order valence-electron chi connectivity index (χ4n) is 3.09. The van der Waals surface area contributed by atoms with Crippen LogP contribution in [-0.4, -0.2) is 43.2 Å². The summed E-state index contributed by atoms with van der Waals surface area (Å²) in [6.45, 7) is 2.44. The van der Waals surface area contributed by atoms with Gasteiger partial charge in [-0.05, 0) is 43.7 Å². The first-order chi connectivity index (χ1) is 15.0. The van der Waals surface area contributed by atoms with Gasteiger partial charge in [-0.15, -0.1) is 0 Å². The Labute approximate surface area is 182 Å². The predicted molar refractivity (Wildman–Crippen MR) is 120 cm³/mol. The number of pyridine rings is 1. The van der Waals surface area contributed by atoms with E-state index in [2.05, 4.69) is 26.5 Å². The Bertz CT molecular complexity index is 1270. The molecule has 3 heterocycles. The summed E-state index contributed by atoms with van der Waals surface area (Å²) >= 11 is 1.60. The van der Waals surface area contributed by atoms with Crippen molar-refractivity contribution >= 4 is 39.9 Å². The first kappa shape index (κ1) is 20.6. The predicted octanol–water partition coefficient (Wildman–Crippen LogP) is 2.77. The molecule has 4 rings (SSSR count). The third-order valence-corrected chi connectivity index (χ3v) is 5.95. The van der Waals surface area contributed by atoms with Gasteiger partial charge in [-0.1, -0.05) is 29.1 Å². The van der Waals surface area contributed by atoms with Gasteiger partial charge in [-0.25, -0.2) is 9.98 Å². The second-order valence-electron chi connectivity index (χ2n) is 6.94. The standard InChI is InChI=1S/C21H19N7O2S/c1-12-2-3-14(19(27-30)26-21-17(31-21)4-6-22)9-15(12)25-20(29)16-11-24-18-8-13(10-23)5-7-28(16)18/h2-3,5,7-9,11,17,30H,4,6,22H2,1H3,(H,25,29)/b26-21?,27-19-. The molecule has 0 radical (unpaired) electrons. The largest absolute Gasteiger partial charge is 0.409 e. The second kappa shape index (κ2) is 8.59. The number of anilines is 1. The molecule has 0 spiro atoms. The maximum absolute atomic E-state index is 12.9. The van der Waals surface area contributed by atoms with Crippen LogP contribution in [0.4, 0.5) is 5.69 Å². The van der Waals surface area contributed by atoms with E-state index in [9.17, 15) is 10.0 Å². The number of hydrogen-bond donors (Lipinski definition) is 3.